The maximum atomic E-state index is 12.0. The van der Waals surface area contributed by atoms with Gasteiger partial charge in [-0.1, -0.05) is 20.3 Å². The Balaban J connectivity index is 2.43. The minimum atomic E-state index is -0.792. The van der Waals surface area contributed by atoms with Crippen LogP contribution in [-0.4, -0.2) is 28.6 Å². The van der Waals surface area contributed by atoms with Crippen molar-refractivity contribution in [2.24, 2.45) is 0 Å². The van der Waals surface area contributed by atoms with E-state index >= 15 is 0 Å². The lowest BCUT2D eigenvalue weighted by Crippen LogP contribution is -2.24. The van der Waals surface area contributed by atoms with Crippen molar-refractivity contribution in [3.05, 3.63) is 29.3 Å². The molecule has 0 spiro atoms. The summed E-state index contributed by atoms with van der Waals surface area (Å²) in [6.45, 7) is 4.50. The number of carboxylic acids is 1. The zero-order chi connectivity index (χ0) is 15.8. The molecule has 5 nitrogen and oxygen atoms in total. The van der Waals surface area contributed by atoms with Crippen molar-refractivity contribution in [3.8, 4) is 5.75 Å². The Morgan fingerprint density at radius 1 is 1.14 bits per heavy atom. The second kappa shape index (κ2) is 8.29. The highest BCUT2D eigenvalue weighted by atomic mass is 16.4. The molecule has 0 aliphatic heterocycles. The molecule has 116 valence electrons. The summed E-state index contributed by atoms with van der Waals surface area (Å²) in [6.07, 6.45) is 2.30. The first-order valence-electron chi connectivity index (χ1n) is 7.24. The van der Waals surface area contributed by atoms with Crippen LogP contribution >= 0.6 is 0 Å². The fourth-order valence-corrected chi connectivity index (χ4v) is 1.98. The van der Waals surface area contributed by atoms with Gasteiger partial charge < -0.3 is 15.5 Å². The number of rotatable bonds is 8. The standard InChI is InChI=1S/C16H23NO4/c1-11(2)12-8-13(10-14(18)9-12)16(21)17-7-5-3-4-6-15(19)20/h8-11,18H,3-7H2,1-2H3,(H,17,21)(H,19,20). The van der Waals surface area contributed by atoms with Gasteiger partial charge in [-0.25, -0.2) is 0 Å². The molecule has 0 unspecified atom stereocenters. The summed E-state index contributed by atoms with van der Waals surface area (Å²) in [5, 5.41) is 20.9. The summed E-state index contributed by atoms with van der Waals surface area (Å²) in [7, 11) is 0. The Morgan fingerprint density at radius 3 is 2.48 bits per heavy atom. The molecule has 1 amide bonds. The summed E-state index contributed by atoms with van der Waals surface area (Å²) in [4.78, 5) is 22.3. The van der Waals surface area contributed by atoms with E-state index in [9.17, 15) is 14.7 Å². The number of carboxylic acid groups (broad SMARTS) is 1. The van der Waals surface area contributed by atoms with Gasteiger partial charge in [-0.2, -0.15) is 0 Å². The third-order valence-corrected chi connectivity index (χ3v) is 3.22. The van der Waals surface area contributed by atoms with Crippen LogP contribution in [0.15, 0.2) is 18.2 Å². The Morgan fingerprint density at radius 2 is 1.86 bits per heavy atom. The molecule has 0 radical (unpaired) electrons. The third-order valence-electron chi connectivity index (χ3n) is 3.22. The highest BCUT2D eigenvalue weighted by molar-refractivity contribution is 5.94. The molecule has 0 aliphatic carbocycles. The van der Waals surface area contributed by atoms with Crippen molar-refractivity contribution in [2.75, 3.05) is 6.54 Å². The molecule has 0 saturated heterocycles. The quantitative estimate of drug-likeness (QED) is 0.643. The maximum absolute atomic E-state index is 12.0. The minimum absolute atomic E-state index is 0.0906. The molecule has 21 heavy (non-hydrogen) atoms. The zero-order valence-electron chi connectivity index (χ0n) is 12.6. The van der Waals surface area contributed by atoms with E-state index in [4.69, 9.17) is 5.11 Å². The van der Waals surface area contributed by atoms with Crippen LogP contribution in [-0.2, 0) is 4.79 Å². The number of phenolic OH excluding ortho intramolecular Hbond substituents is 1. The number of aliphatic carboxylic acids is 1. The number of carbonyl (C=O) groups excluding carboxylic acids is 1. The predicted molar refractivity (Wildman–Crippen MR) is 80.6 cm³/mol. The van der Waals surface area contributed by atoms with Crippen molar-refractivity contribution in [3.63, 3.8) is 0 Å². The first kappa shape index (κ1) is 17.0. The van der Waals surface area contributed by atoms with Gasteiger partial charge in [-0.05, 0) is 42.5 Å². The molecule has 0 heterocycles. The molecule has 0 fully saturated rings. The molecular weight excluding hydrogens is 270 g/mol. The lowest BCUT2D eigenvalue weighted by atomic mass is 10.00. The predicted octanol–water partition coefficient (Wildman–Crippen LogP) is 2.89. The molecule has 5 heteroatoms. The topological polar surface area (TPSA) is 86.6 Å². The van der Waals surface area contributed by atoms with E-state index in [2.05, 4.69) is 5.32 Å². The van der Waals surface area contributed by atoms with Crippen molar-refractivity contribution in [2.45, 2.75) is 45.4 Å². The summed E-state index contributed by atoms with van der Waals surface area (Å²) >= 11 is 0. The average molecular weight is 293 g/mol. The number of hydrogen-bond acceptors (Lipinski definition) is 3. The van der Waals surface area contributed by atoms with E-state index in [1.54, 1.807) is 12.1 Å². The van der Waals surface area contributed by atoms with Crippen LogP contribution in [0.1, 0.15) is 61.4 Å². The third kappa shape index (κ3) is 6.29. The first-order chi connectivity index (χ1) is 9.90. The van der Waals surface area contributed by atoms with Crippen molar-refractivity contribution >= 4 is 11.9 Å². The van der Waals surface area contributed by atoms with Crippen LogP contribution in [0.5, 0.6) is 5.75 Å². The first-order valence-corrected chi connectivity index (χ1v) is 7.24. The highest BCUT2D eigenvalue weighted by Crippen LogP contribution is 2.22. The van der Waals surface area contributed by atoms with Gasteiger partial charge in [0.1, 0.15) is 5.75 Å². The number of unbranched alkanes of at least 4 members (excludes halogenated alkanes) is 2. The van der Waals surface area contributed by atoms with Gasteiger partial charge in [0.2, 0.25) is 0 Å². The number of carbonyl (C=O) groups is 2. The van der Waals surface area contributed by atoms with Gasteiger partial charge in [-0.15, -0.1) is 0 Å². The Bertz CT molecular complexity index is 497. The van der Waals surface area contributed by atoms with Crippen LogP contribution < -0.4 is 5.32 Å². The lowest BCUT2D eigenvalue weighted by Gasteiger charge is -2.10. The SMILES string of the molecule is CC(C)c1cc(O)cc(C(=O)NCCCCCC(=O)O)c1. The minimum Gasteiger partial charge on any atom is -0.508 e. The van der Waals surface area contributed by atoms with Crippen LogP contribution in [0, 0.1) is 0 Å². The molecule has 0 aromatic heterocycles. The molecule has 3 N–H and O–H groups in total. The van der Waals surface area contributed by atoms with Gasteiger partial charge in [0.25, 0.3) is 5.91 Å². The molecule has 0 aliphatic rings. The number of amides is 1. The van der Waals surface area contributed by atoms with Crippen LogP contribution in [0.3, 0.4) is 0 Å². The zero-order valence-corrected chi connectivity index (χ0v) is 12.6. The van der Waals surface area contributed by atoms with Gasteiger partial charge in [0, 0.05) is 18.5 Å². The molecule has 1 rings (SSSR count). The molecule has 1 aromatic rings. The highest BCUT2D eigenvalue weighted by Gasteiger charge is 2.10. The largest absolute Gasteiger partial charge is 0.508 e. The van der Waals surface area contributed by atoms with E-state index in [0.29, 0.717) is 18.5 Å². The summed E-state index contributed by atoms with van der Waals surface area (Å²) in [5.74, 6) is -0.682. The second-order valence-corrected chi connectivity index (χ2v) is 5.43. The normalized spacial score (nSPS) is 10.6. The average Bonchev–Trinajstić information content (AvgIpc) is 2.41. The molecule has 1 aromatic carbocycles. The maximum Gasteiger partial charge on any atom is 0.303 e. The van der Waals surface area contributed by atoms with Gasteiger partial charge >= 0.3 is 5.97 Å². The summed E-state index contributed by atoms with van der Waals surface area (Å²) < 4.78 is 0. The second-order valence-electron chi connectivity index (χ2n) is 5.43. The van der Waals surface area contributed by atoms with E-state index in [1.165, 1.54) is 6.07 Å². The van der Waals surface area contributed by atoms with Crippen LogP contribution in [0.25, 0.3) is 0 Å². The van der Waals surface area contributed by atoms with Gasteiger partial charge in [-0.3, -0.25) is 9.59 Å². The van der Waals surface area contributed by atoms with E-state index < -0.39 is 5.97 Å². The fourth-order valence-electron chi connectivity index (χ4n) is 1.98. The van der Waals surface area contributed by atoms with E-state index in [-0.39, 0.29) is 24.0 Å². The molecular formula is C16H23NO4. The monoisotopic (exact) mass is 293 g/mol. The van der Waals surface area contributed by atoms with Crippen molar-refractivity contribution in [1.82, 2.24) is 5.32 Å². The Kier molecular flexibility index (Phi) is 6.72. The van der Waals surface area contributed by atoms with Crippen molar-refractivity contribution < 1.29 is 19.8 Å². The molecule has 0 bridgehead atoms. The Hall–Kier alpha value is -2.04. The summed E-state index contributed by atoms with van der Waals surface area (Å²) in [5.41, 5.74) is 1.37. The molecule has 0 saturated carbocycles. The number of hydrogen-bond donors (Lipinski definition) is 3. The summed E-state index contributed by atoms with van der Waals surface area (Å²) in [6, 6.07) is 4.89. The number of phenols is 1. The van der Waals surface area contributed by atoms with Crippen LogP contribution in [0.4, 0.5) is 0 Å². The number of nitrogens with one attached hydrogen (secondary N) is 1. The molecule has 0 atom stereocenters. The van der Waals surface area contributed by atoms with E-state index in [1.807, 2.05) is 13.8 Å². The lowest BCUT2D eigenvalue weighted by molar-refractivity contribution is -0.137. The van der Waals surface area contributed by atoms with Crippen LogP contribution in [0.2, 0.25) is 0 Å². The van der Waals surface area contributed by atoms with Gasteiger partial charge in [0.15, 0.2) is 0 Å². The van der Waals surface area contributed by atoms with Gasteiger partial charge in [0.05, 0.1) is 0 Å². The van der Waals surface area contributed by atoms with E-state index in [0.717, 1.165) is 18.4 Å². The fraction of sp³-hybridized carbons (Fsp3) is 0.500. The Labute approximate surface area is 125 Å². The number of aromatic hydroxyl groups is 1. The smallest absolute Gasteiger partial charge is 0.303 e. The number of benzene rings is 1. The van der Waals surface area contributed by atoms with Crippen molar-refractivity contribution in [1.29, 1.82) is 0 Å².